The second kappa shape index (κ2) is 7.04. The lowest BCUT2D eigenvalue weighted by Crippen LogP contribution is -2.00. The van der Waals surface area contributed by atoms with Crippen molar-refractivity contribution in [2.24, 2.45) is 4.99 Å². The van der Waals surface area contributed by atoms with Crippen molar-refractivity contribution in [1.82, 2.24) is 0 Å². The van der Waals surface area contributed by atoms with E-state index in [-0.39, 0.29) is 5.97 Å². The van der Waals surface area contributed by atoms with E-state index in [1.807, 2.05) is 48.6 Å². The van der Waals surface area contributed by atoms with Crippen LogP contribution in [0.15, 0.2) is 65.7 Å². The van der Waals surface area contributed by atoms with Crippen molar-refractivity contribution in [3.8, 4) is 0 Å². The van der Waals surface area contributed by atoms with Crippen LogP contribution < -0.4 is 0 Å². The van der Waals surface area contributed by atoms with Gasteiger partial charge in [0.1, 0.15) is 0 Å². The number of hydrogen-bond acceptors (Lipinski definition) is 3. The van der Waals surface area contributed by atoms with Gasteiger partial charge in [-0.25, -0.2) is 4.79 Å². The molecule has 0 fully saturated rings. The van der Waals surface area contributed by atoms with Gasteiger partial charge in [0.05, 0.1) is 18.4 Å². The summed E-state index contributed by atoms with van der Waals surface area (Å²) in [6, 6.07) is 17.0. The van der Waals surface area contributed by atoms with E-state index < -0.39 is 0 Å². The molecule has 2 rings (SSSR count). The topological polar surface area (TPSA) is 38.7 Å². The van der Waals surface area contributed by atoms with E-state index >= 15 is 0 Å². The molecule has 100 valence electrons. The van der Waals surface area contributed by atoms with Gasteiger partial charge in [-0.3, -0.25) is 4.99 Å². The number of carbonyl (C=O) groups is 1. The molecule has 0 unspecified atom stereocenters. The Bertz CT molecular complexity index is 630. The average molecular weight is 265 g/mol. The van der Waals surface area contributed by atoms with Crippen LogP contribution in [-0.2, 0) is 4.74 Å². The van der Waals surface area contributed by atoms with Crippen LogP contribution in [0.1, 0.15) is 15.9 Å². The molecule has 0 radical (unpaired) electrons. The van der Waals surface area contributed by atoms with E-state index in [9.17, 15) is 4.79 Å². The lowest BCUT2D eigenvalue weighted by Gasteiger charge is -2.01. The van der Waals surface area contributed by atoms with Gasteiger partial charge < -0.3 is 4.74 Å². The van der Waals surface area contributed by atoms with Crippen LogP contribution in [0.3, 0.4) is 0 Å². The molecule has 0 saturated carbocycles. The van der Waals surface area contributed by atoms with Crippen molar-refractivity contribution in [3.05, 3.63) is 71.8 Å². The molecule has 2 aromatic rings. The zero-order chi connectivity index (χ0) is 14.2. The third kappa shape index (κ3) is 3.65. The van der Waals surface area contributed by atoms with Gasteiger partial charge in [0.15, 0.2) is 0 Å². The van der Waals surface area contributed by atoms with Gasteiger partial charge in [0.25, 0.3) is 0 Å². The molecule has 0 aliphatic heterocycles. The highest BCUT2D eigenvalue weighted by atomic mass is 16.5. The van der Waals surface area contributed by atoms with Crippen LogP contribution in [-0.4, -0.2) is 19.3 Å². The Balaban J connectivity index is 2.12. The smallest absolute Gasteiger partial charge is 0.340 e. The van der Waals surface area contributed by atoms with E-state index in [1.54, 1.807) is 24.4 Å². The summed E-state index contributed by atoms with van der Waals surface area (Å²) in [5.74, 6) is -0.384. The number of aliphatic imine (C=N–C) groups is 1. The molecule has 0 atom stereocenters. The Labute approximate surface area is 118 Å². The number of rotatable bonds is 4. The number of para-hydroxylation sites is 1. The van der Waals surface area contributed by atoms with Gasteiger partial charge in [-0.15, -0.1) is 0 Å². The summed E-state index contributed by atoms with van der Waals surface area (Å²) in [6.07, 6.45) is 5.45. The minimum absolute atomic E-state index is 0.384. The molecule has 0 aromatic heterocycles. The number of carbonyl (C=O) groups excluding carboxylic acids is 1. The quantitative estimate of drug-likeness (QED) is 0.621. The first-order valence-electron chi connectivity index (χ1n) is 6.24. The maximum Gasteiger partial charge on any atom is 0.340 e. The number of methoxy groups -OCH3 is 1. The Morgan fingerprint density at radius 2 is 1.75 bits per heavy atom. The fraction of sp³-hybridized carbons (Fsp3) is 0.0588. The number of hydrogen-bond donors (Lipinski definition) is 0. The third-order valence-electron chi connectivity index (χ3n) is 2.70. The van der Waals surface area contributed by atoms with E-state index in [2.05, 4.69) is 4.99 Å². The summed E-state index contributed by atoms with van der Waals surface area (Å²) in [6.45, 7) is 0. The van der Waals surface area contributed by atoms with Crippen molar-refractivity contribution in [3.63, 3.8) is 0 Å². The maximum atomic E-state index is 11.6. The minimum Gasteiger partial charge on any atom is -0.465 e. The van der Waals surface area contributed by atoms with Gasteiger partial charge in [0.2, 0.25) is 0 Å². The largest absolute Gasteiger partial charge is 0.465 e. The predicted octanol–water partition coefficient (Wildman–Crippen LogP) is 3.89. The predicted molar refractivity (Wildman–Crippen MR) is 81.4 cm³/mol. The normalized spacial score (nSPS) is 11.1. The first-order valence-corrected chi connectivity index (χ1v) is 6.24. The molecule has 20 heavy (non-hydrogen) atoms. The molecule has 0 aliphatic carbocycles. The van der Waals surface area contributed by atoms with Gasteiger partial charge in [-0.05, 0) is 23.8 Å². The lowest BCUT2D eigenvalue weighted by atomic mass is 10.2. The molecule has 0 heterocycles. The molecule has 0 bridgehead atoms. The first kappa shape index (κ1) is 13.7. The highest BCUT2D eigenvalue weighted by Crippen LogP contribution is 2.18. The third-order valence-corrected chi connectivity index (χ3v) is 2.70. The van der Waals surface area contributed by atoms with E-state index in [4.69, 9.17) is 4.74 Å². The second-order valence-corrected chi connectivity index (χ2v) is 4.06. The molecule has 0 aliphatic rings. The molecule has 3 nitrogen and oxygen atoms in total. The number of esters is 1. The SMILES string of the molecule is COC(=O)c1ccccc1N=CC=Cc1ccccc1. The van der Waals surface area contributed by atoms with Crippen LogP contribution in [0.4, 0.5) is 5.69 Å². The zero-order valence-corrected chi connectivity index (χ0v) is 11.2. The molecule has 0 saturated heterocycles. The monoisotopic (exact) mass is 265 g/mol. The highest BCUT2D eigenvalue weighted by Gasteiger charge is 2.08. The van der Waals surface area contributed by atoms with Crippen molar-refractivity contribution in [1.29, 1.82) is 0 Å². The Kier molecular flexibility index (Phi) is 4.84. The summed E-state index contributed by atoms with van der Waals surface area (Å²) in [5, 5.41) is 0. The van der Waals surface area contributed by atoms with Gasteiger partial charge in [0, 0.05) is 6.21 Å². The fourth-order valence-electron chi connectivity index (χ4n) is 1.71. The molecule has 3 heteroatoms. The Morgan fingerprint density at radius 3 is 2.50 bits per heavy atom. The van der Waals surface area contributed by atoms with Crippen LogP contribution >= 0.6 is 0 Å². The number of allylic oxidation sites excluding steroid dienone is 1. The second-order valence-electron chi connectivity index (χ2n) is 4.06. The number of ether oxygens (including phenoxy) is 1. The van der Waals surface area contributed by atoms with Gasteiger partial charge >= 0.3 is 5.97 Å². The maximum absolute atomic E-state index is 11.6. The summed E-state index contributed by atoms with van der Waals surface area (Å²) in [4.78, 5) is 15.9. The molecular formula is C17H15NO2. The summed E-state index contributed by atoms with van der Waals surface area (Å²) >= 11 is 0. The standard InChI is InChI=1S/C17H15NO2/c1-20-17(19)15-11-5-6-12-16(15)18-13-7-10-14-8-3-2-4-9-14/h2-13H,1H3. The summed E-state index contributed by atoms with van der Waals surface area (Å²) in [7, 11) is 1.36. The molecule has 0 amide bonds. The van der Waals surface area contributed by atoms with Gasteiger partial charge in [-0.2, -0.15) is 0 Å². The van der Waals surface area contributed by atoms with Crippen LogP contribution in [0.5, 0.6) is 0 Å². The lowest BCUT2D eigenvalue weighted by molar-refractivity contribution is 0.0602. The van der Waals surface area contributed by atoms with Crippen molar-refractivity contribution < 1.29 is 9.53 Å². The summed E-state index contributed by atoms with van der Waals surface area (Å²) in [5.41, 5.74) is 2.15. The molecule has 2 aromatic carbocycles. The summed E-state index contributed by atoms with van der Waals surface area (Å²) < 4.78 is 4.72. The highest BCUT2D eigenvalue weighted by molar-refractivity contribution is 5.96. The van der Waals surface area contributed by atoms with Crippen LogP contribution in [0.25, 0.3) is 6.08 Å². The van der Waals surface area contributed by atoms with E-state index in [0.29, 0.717) is 11.3 Å². The van der Waals surface area contributed by atoms with E-state index in [1.165, 1.54) is 7.11 Å². The zero-order valence-electron chi connectivity index (χ0n) is 11.2. The minimum atomic E-state index is -0.384. The first-order chi connectivity index (χ1) is 9.81. The van der Waals surface area contributed by atoms with Crippen molar-refractivity contribution in [2.75, 3.05) is 7.11 Å². The molecule has 0 spiro atoms. The average Bonchev–Trinajstić information content (AvgIpc) is 2.52. The van der Waals surface area contributed by atoms with Crippen molar-refractivity contribution in [2.45, 2.75) is 0 Å². The van der Waals surface area contributed by atoms with Crippen LogP contribution in [0, 0.1) is 0 Å². The molecule has 0 N–H and O–H groups in total. The van der Waals surface area contributed by atoms with Crippen LogP contribution in [0.2, 0.25) is 0 Å². The van der Waals surface area contributed by atoms with Crippen molar-refractivity contribution >= 4 is 23.9 Å². The van der Waals surface area contributed by atoms with Gasteiger partial charge in [-0.1, -0.05) is 48.5 Å². The fourth-order valence-corrected chi connectivity index (χ4v) is 1.71. The Morgan fingerprint density at radius 1 is 1.05 bits per heavy atom. The molecular weight excluding hydrogens is 250 g/mol. The van der Waals surface area contributed by atoms with E-state index in [0.717, 1.165) is 5.56 Å². The number of benzene rings is 2. The number of nitrogens with zero attached hydrogens (tertiary/aromatic N) is 1. The Hall–Kier alpha value is -2.68.